The molecule has 0 aliphatic rings. The van der Waals surface area contributed by atoms with E-state index in [4.69, 9.17) is 10.2 Å². The molecule has 18 heavy (non-hydrogen) atoms. The van der Waals surface area contributed by atoms with Gasteiger partial charge in [0.1, 0.15) is 11.5 Å². The van der Waals surface area contributed by atoms with Crippen LogP contribution >= 0.6 is 0 Å². The molecule has 0 atom stereocenters. The maximum Gasteiger partial charge on any atom is 0.272 e. The number of nitrogens with one attached hydrogen (secondary N) is 1. The maximum absolute atomic E-state index is 12.0. The number of hydrogen-bond acceptors (Lipinski definition) is 4. The van der Waals surface area contributed by atoms with Crippen molar-refractivity contribution in [2.75, 3.05) is 5.73 Å². The summed E-state index contributed by atoms with van der Waals surface area (Å²) in [5, 5.41) is 6.83. The van der Waals surface area contributed by atoms with Gasteiger partial charge in [0, 0.05) is 6.54 Å². The summed E-state index contributed by atoms with van der Waals surface area (Å²) in [6, 6.07) is 3.57. The van der Waals surface area contributed by atoms with Gasteiger partial charge in [-0.1, -0.05) is 6.92 Å². The number of aromatic nitrogens is 2. The van der Waals surface area contributed by atoms with Crippen LogP contribution in [0.5, 0.6) is 0 Å². The SMILES string of the molecule is CCCn1ncc(N)c1C(=O)NCc1ccco1. The van der Waals surface area contributed by atoms with E-state index in [1.54, 1.807) is 23.1 Å². The summed E-state index contributed by atoms with van der Waals surface area (Å²) in [4.78, 5) is 12.0. The maximum atomic E-state index is 12.0. The van der Waals surface area contributed by atoms with Crippen molar-refractivity contribution in [3.63, 3.8) is 0 Å². The lowest BCUT2D eigenvalue weighted by Crippen LogP contribution is -2.26. The first kappa shape index (κ1) is 12.2. The Morgan fingerprint density at radius 3 is 3.11 bits per heavy atom. The van der Waals surface area contributed by atoms with E-state index in [9.17, 15) is 4.79 Å². The van der Waals surface area contributed by atoms with Gasteiger partial charge in [0.2, 0.25) is 0 Å². The number of nitrogen functional groups attached to an aromatic ring is 1. The van der Waals surface area contributed by atoms with Crippen molar-refractivity contribution in [3.8, 4) is 0 Å². The molecule has 96 valence electrons. The zero-order chi connectivity index (χ0) is 13.0. The van der Waals surface area contributed by atoms with Crippen molar-refractivity contribution in [1.29, 1.82) is 0 Å². The van der Waals surface area contributed by atoms with E-state index >= 15 is 0 Å². The van der Waals surface area contributed by atoms with Gasteiger partial charge in [0.25, 0.3) is 5.91 Å². The summed E-state index contributed by atoms with van der Waals surface area (Å²) in [5.41, 5.74) is 6.55. The molecule has 0 bridgehead atoms. The average Bonchev–Trinajstić information content (AvgIpc) is 2.97. The summed E-state index contributed by atoms with van der Waals surface area (Å²) >= 11 is 0. The molecular formula is C12H16N4O2. The number of amides is 1. The van der Waals surface area contributed by atoms with E-state index < -0.39 is 0 Å². The number of nitrogens with zero attached hydrogens (tertiary/aromatic N) is 2. The minimum atomic E-state index is -0.241. The van der Waals surface area contributed by atoms with Crippen LogP contribution in [0.3, 0.4) is 0 Å². The van der Waals surface area contributed by atoms with Gasteiger partial charge in [-0.15, -0.1) is 0 Å². The van der Waals surface area contributed by atoms with E-state index in [0.29, 0.717) is 30.2 Å². The third kappa shape index (κ3) is 2.53. The number of nitrogens with two attached hydrogens (primary N) is 1. The van der Waals surface area contributed by atoms with Gasteiger partial charge < -0.3 is 15.5 Å². The second-order valence-electron chi connectivity index (χ2n) is 3.93. The molecule has 2 aromatic rings. The van der Waals surface area contributed by atoms with Crippen molar-refractivity contribution >= 4 is 11.6 Å². The Labute approximate surface area is 105 Å². The van der Waals surface area contributed by atoms with Crippen LogP contribution in [0.15, 0.2) is 29.0 Å². The van der Waals surface area contributed by atoms with Crippen LogP contribution in [-0.2, 0) is 13.1 Å². The molecule has 2 rings (SSSR count). The van der Waals surface area contributed by atoms with Crippen molar-refractivity contribution in [3.05, 3.63) is 36.0 Å². The molecule has 0 fully saturated rings. The molecule has 0 aliphatic carbocycles. The summed E-state index contributed by atoms with van der Waals surface area (Å²) in [6.07, 6.45) is 3.95. The molecule has 6 nitrogen and oxygen atoms in total. The van der Waals surface area contributed by atoms with E-state index in [-0.39, 0.29) is 5.91 Å². The van der Waals surface area contributed by atoms with Crippen LogP contribution in [0.25, 0.3) is 0 Å². The fourth-order valence-electron chi connectivity index (χ4n) is 1.69. The molecule has 6 heteroatoms. The van der Waals surface area contributed by atoms with Gasteiger partial charge in [-0.3, -0.25) is 9.48 Å². The van der Waals surface area contributed by atoms with Gasteiger partial charge in [-0.05, 0) is 18.6 Å². The Balaban J connectivity index is 2.06. The zero-order valence-electron chi connectivity index (χ0n) is 10.2. The number of rotatable bonds is 5. The first-order valence-electron chi connectivity index (χ1n) is 5.84. The van der Waals surface area contributed by atoms with Crippen molar-refractivity contribution in [1.82, 2.24) is 15.1 Å². The molecule has 2 heterocycles. The molecule has 1 amide bonds. The summed E-state index contributed by atoms with van der Waals surface area (Å²) in [7, 11) is 0. The van der Waals surface area contributed by atoms with Crippen LogP contribution in [0, 0.1) is 0 Å². The number of anilines is 1. The lowest BCUT2D eigenvalue weighted by molar-refractivity contribution is 0.0938. The van der Waals surface area contributed by atoms with Crippen LogP contribution in [-0.4, -0.2) is 15.7 Å². The zero-order valence-corrected chi connectivity index (χ0v) is 10.2. The van der Waals surface area contributed by atoms with Gasteiger partial charge in [0.05, 0.1) is 24.7 Å². The minimum Gasteiger partial charge on any atom is -0.467 e. The molecule has 2 aromatic heterocycles. The number of aryl methyl sites for hydroxylation is 1. The second-order valence-corrected chi connectivity index (χ2v) is 3.93. The Kier molecular flexibility index (Phi) is 3.66. The van der Waals surface area contributed by atoms with Crippen LogP contribution in [0.2, 0.25) is 0 Å². The van der Waals surface area contributed by atoms with E-state index in [1.807, 2.05) is 6.92 Å². The minimum absolute atomic E-state index is 0.241. The molecule has 3 N–H and O–H groups in total. The molecule has 0 saturated carbocycles. The predicted molar refractivity (Wildman–Crippen MR) is 66.8 cm³/mol. The molecule has 0 aromatic carbocycles. The van der Waals surface area contributed by atoms with Crippen molar-refractivity contribution in [2.45, 2.75) is 26.4 Å². The lowest BCUT2D eigenvalue weighted by Gasteiger charge is -2.07. The smallest absolute Gasteiger partial charge is 0.272 e. The molecule has 0 radical (unpaired) electrons. The number of carbonyl (C=O) groups is 1. The van der Waals surface area contributed by atoms with Gasteiger partial charge in [0.15, 0.2) is 0 Å². The van der Waals surface area contributed by atoms with Gasteiger partial charge in [-0.25, -0.2) is 0 Å². The predicted octanol–water partition coefficient (Wildman–Crippen LogP) is 1.40. The lowest BCUT2D eigenvalue weighted by atomic mass is 10.3. The van der Waals surface area contributed by atoms with E-state index in [0.717, 1.165) is 6.42 Å². The fourth-order valence-corrected chi connectivity index (χ4v) is 1.69. The van der Waals surface area contributed by atoms with Crippen molar-refractivity contribution < 1.29 is 9.21 Å². The fraction of sp³-hybridized carbons (Fsp3) is 0.333. The Morgan fingerprint density at radius 1 is 1.61 bits per heavy atom. The second kappa shape index (κ2) is 5.39. The summed E-state index contributed by atoms with van der Waals surface area (Å²) in [5.74, 6) is 0.457. The monoisotopic (exact) mass is 248 g/mol. The highest BCUT2D eigenvalue weighted by Gasteiger charge is 2.16. The van der Waals surface area contributed by atoms with Crippen LogP contribution < -0.4 is 11.1 Å². The molecule has 0 saturated heterocycles. The van der Waals surface area contributed by atoms with Crippen molar-refractivity contribution in [2.24, 2.45) is 0 Å². The molecular weight excluding hydrogens is 232 g/mol. The third-order valence-corrected chi connectivity index (χ3v) is 2.52. The largest absolute Gasteiger partial charge is 0.467 e. The number of furan rings is 1. The first-order valence-corrected chi connectivity index (χ1v) is 5.84. The molecule has 0 aliphatic heterocycles. The van der Waals surface area contributed by atoms with E-state index in [1.165, 1.54) is 6.20 Å². The topological polar surface area (TPSA) is 86.1 Å². The highest BCUT2D eigenvalue weighted by atomic mass is 16.3. The Bertz CT molecular complexity index is 516. The van der Waals surface area contributed by atoms with Gasteiger partial charge >= 0.3 is 0 Å². The third-order valence-electron chi connectivity index (χ3n) is 2.52. The Hall–Kier alpha value is -2.24. The first-order chi connectivity index (χ1) is 8.72. The standard InChI is InChI=1S/C12H16N4O2/c1-2-5-16-11(10(13)8-15-16)12(17)14-7-9-4-3-6-18-9/h3-4,6,8H,2,5,7,13H2,1H3,(H,14,17). The quantitative estimate of drug-likeness (QED) is 0.837. The number of hydrogen-bond donors (Lipinski definition) is 2. The average molecular weight is 248 g/mol. The highest BCUT2D eigenvalue weighted by molar-refractivity contribution is 5.97. The van der Waals surface area contributed by atoms with E-state index in [2.05, 4.69) is 10.4 Å². The normalized spacial score (nSPS) is 10.5. The van der Waals surface area contributed by atoms with Gasteiger partial charge in [-0.2, -0.15) is 5.10 Å². The Morgan fingerprint density at radius 2 is 2.44 bits per heavy atom. The highest BCUT2D eigenvalue weighted by Crippen LogP contribution is 2.11. The summed E-state index contributed by atoms with van der Waals surface area (Å²) in [6.45, 7) is 3.02. The van der Waals surface area contributed by atoms with Crippen LogP contribution in [0.4, 0.5) is 5.69 Å². The van der Waals surface area contributed by atoms with Crippen LogP contribution in [0.1, 0.15) is 29.6 Å². The summed E-state index contributed by atoms with van der Waals surface area (Å²) < 4.78 is 6.76. The molecule has 0 unspecified atom stereocenters. The molecule has 0 spiro atoms. The number of carbonyl (C=O) groups excluding carboxylic acids is 1.